The lowest BCUT2D eigenvalue weighted by atomic mass is 10.1. The molecule has 1 saturated carbocycles. The summed E-state index contributed by atoms with van der Waals surface area (Å²) < 4.78 is 54.0. The molecule has 1 aliphatic carbocycles. The van der Waals surface area contributed by atoms with Crippen molar-refractivity contribution in [1.29, 1.82) is 0 Å². The number of anilines is 2. The van der Waals surface area contributed by atoms with Gasteiger partial charge >= 0.3 is 6.18 Å². The van der Waals surface area contributed by atoms with Crippen LogP contribution in [0.25, 0.3) is 0 Å². The second kappa shape index (κ2) is 12.4. The molecule has 200 valence electrons. The van der Waals surface area contributed by atoms with Crippen LogP contribution < -0.4 is 15.5 Å². The van der Waals surface area contributed by atoms with E-state index in [1.54, 1.807) is 24.3 Å². The van der Waals surface area contributed by atoms with Crippen LogP contribution in [0.5, 0.6) is 0 Å². The number of aryl methyl sites for hydroxylation is 1. The van der Waals surface area contributed by atoms with Gasteiger partial charge in [-0.15, -0.1) is 0 Å². The molecule has 0 aromatic heterocycles. The minimum atomic E-state index is -4.79. The van der Waals surface area contributed by atoms with Gasteiger partial charge in [0.05, 0.1) is 11.3 Å². The lowest BCUT2D eigenvalue weighted by Crippen LogP contribution is -2.52. The number of para-hydroxylation sites is 1. The number of hydrogen-bond acceptors (Lipinski definition) is 4. The summed E-state index contributed by atoms with van der Waals surface area (Å²) in [6.45, 7) is 3.21. The van der Waals surface area contributed by atoms with Crippen LogP contribution in [0.2, 0.25) is 0 Å². The van der Waals surface area contributed by atoms with Crippen LogP contribution in [0.1, 0.15) is 43.7 Å². The summed E-state index contributed by atoms with van der Waals surface area (Å²) in [5.74, 6) is -3.41. The summed E-state index contributed by atoms with van der Waals surface area (Å²) in [6, 6.07) is 9.94. The van der Waals surface area contributed by atoms with Gasteiger partial charge in [0, 0.05) is 22.5 Å². The van der Waals surface area contributed by atoms with Gasteiger partial charge in [0.2, 0.25) is 17.7 Å². The Labute approximate surface area is 216 Å². The van der Waals surface area contributed by atoms with E-state index in [-0.39, 0.29) is 6.04 Å². The first kappa shape index (κ1) is 28.4. The number of carbonyl (C=O) groups excluding carboxylic acids is 3. The second-order valence-electron chi connectivity index (χ2n) is 9.09. The molecule has 0 spiro atoms. The Kier molecular flexibility index (Phi) is 9.47. The molecule has 2 atom stereocenters. The van der Waals surface area contributed by atoms with E-state index in [1.165, 1.54) is 19.1 Å². The smallest absolute Gasteiger partial charge is 0.352 e. The van der Waals surface area contributed by atoms with E-state index >= 15 is 0 Å². The van der Waals surface area contributed by atoms with Crippen LogP contribution in [0.3, 0.4) is 0 Å². The SMILES string of the molecule is Cc1ccc(NC(=O)C[S@@](=O)CC(=O)N(c2ccccc2C(F)(F)F)[C@H](C)C(=O)NC2CCCC2)cc1. The van der Waals surface area contributed by atoms with E-state index in [0.717, 1.165) is 48.3 Å². The minimum absolute atomic E-state index is 0.107. The average Bonchev–Trinajstić information content (AvgIpc) is 3.33. The highest BCUT2D eigenvalue weighted by Gasteiger charge is 2.39. The van der Waals surface area contributed by atoms with Crippen molar-refractivity contribution in [2.75, 3.05) is 21.7 Å². The maximum atomic E-state index is 13.8. The van der Waals surface area contributed by atoms with Gasteiger partial charge < -0.3 is 10.6 Å². The molecule has 0 saturated heterocycles. The van der Waals surface area contributed by atoms with Gasteiger partial charge in [0.1, 0.15) is 17.5 Å². The van der Waals surface area contributed by atoms with Crippen LogP contribution in [0, 0.1) is 6.92 Å². The van der Waals surface area contributed by atoms with E-state index in [9.17, 15) is 31.8 Å². The molecule has 3 rings (SSSR count). The maximum absolute atomic E-state index is 13.8. The third-order valence-corrected chi connectivity index (χ3v) is 7.27. The Morgan fingerprint density at radius 2 is 1.65 bits per heavy atom. The molecule has 2 aromatic rings. The number of nitrogens with zero attached hydrogens (tertiary/aromatic N) is 1. The molecule has 3 amide bonds. The second-order valence-corrected chi connectivity index (χ2v) is 10.5. The van der Waals surface area contributed by atoms with Crippen molar-refractivity contribution in [3.8, 4) is 0 Å². The number of hydrogen-bond donors (Lipinski definition) is 2. The zero-order valence-corrected chi connectivity index (χ0v) is 21.5. The first-order valence-corrected chi connectivity index (χ1v) is 13.4. The zero-order valence-electron chi connectivity index (χ0n) is 20.6. The fourth-order valence-corrected chi connectivity index (χ4v) is 5.11. The van der Waals surface area contributed by atoms with Crippen molar-refractivity contribution in [2.45, 2.75) is 57.8 Å². The first-order chi connectivity index (χ1) is 17.5. The maximum Gasteiger partial charge on any atom is 0.418 e. The molecular formula is C26H30F3N3O4S. The van der Waals surface area contributed by atoms with Crippen LogP contribution in [-0.2, 0) is 31.4 Å². The first-order valence-electron chi connectivity index (χ1n) is 12.0. The summed E-state index contributed by atoms with van der Waals surface area (Å²) in [6.07, 6.45) is -1.41. The third-order valence-electron chi connectivity index (χ3n) is 6.12. The van der Waals surface area contributed by atoms with Gasteiger partial charge in [-0.25, -0.2) is 0 Å². The molecule has 0 aliphatic heterocycles. The Balaban J connectivity index is 1.78. The van der Waals surface area contributed by atoms with E-state index < -0.39 is 63.5 Å². The van der Waals surface area contributed by atoms with E-state index in [4.69, 9.17) is 0 Å². The quantitative estimate of drug-likeness (QED) is 0.502. The highest BCUT2D eigenvalue weighted by Crippen LogP contribution is 2.37. The molecule has 1 aliphatic rings. The van der Waals surface area contributed by atoms with Crippen molar-refractivity contribution < 1.29 is 31.8 Å². The molecule has 2 aromatic carbocycles. The Morgan fingerprint density at radius 3 is 2.27 bits per heavy atom. The van der Waals surface area contributed by atoms with Crippen molar-refractivity contribution in [3.63, 3.8) is 0 Å². The topological polar surface area (TPSA) is 95.6 Å². The van der Waals surface area contributed by atoms with Gasteiger partial charge in [-0.2, -0.15) is 13.2 Å². The van der Waals surface area contributed by atoms with Crippen molar-refractivity contribution in [1.82, 2.24) is 5.32 Å². The monoisotopic (exact) mass is 537 g/mol. The summed E-state index contributed by atoms with van der Waals surface area (Å²) >= 11 is 0. The van der Waals surface area contributed by atoms with E-state index in [2.05, 4.69) is 10.6 Å². The average molecular weight is 538 g/mol. The number of benzene rings is 2. The van der Waals surface area contributed by atoms with Crippen molar-refractivity contribution in [2.24, 2.45) is 0 Å². The normalized spacial score (nSPS) is 15.6. The highest BCUT2D eigenvalue weighted by atomic mass is 32.2. The van der Waals surface area contributed by atoms with Crippen molar-refractivity contribution >= 4 is 39.9 Å². The lowest BCUT2D eigenvalue weighted by Gasteiger charge is -2.31. The Bertz CT molecular complexity index is 1150. The third kappa shape index (κ3) is 7.88. The molecule has 7 nitrogen and oxygen atoms in total. The Morgan fingerprint density at radius 1 is 1.03 bits per heavy atom. The molecule has 0 bridgehead atoms. The van der Waals surface area contributed by atoms with Crippen LogP contribution in [-0.4, -0.2) is 45.5 Å². The molecule has 1 fully saturated rings. The van der Waals surface area contributed by atoms with Crippen LogP contribution in [0.4, 0.5) is 24.5 Å². The summed E-state index contributed by atoms with van der Waals surface area (Å²) in [5.41, 5.74) is -0.128. The van der Waals surface area contributed by atoms with Gasteiger partial charge in [-0.1, -0.05) is 42.7 Å². The molecule has 0 radical (unpaired) electrons. The molecule has 11 heteroatoms. The van der Waals surface area contributed by atoms with Gasteiger partial charge in [-0.05, 0) is 51.0 Å². The predicted octanol–water partition coefficient (Wildman–Crippen LogP) is 4.18. The number of halogens is 3. The molecule has 0 heterocycles. The lowest BCUT2D eigenvalue weighted by molar-refractivity contribution is -0.137. The summed E-state index contributed by atoms with van der Waals surface area (Å²) in [4.78, 5) is 39.2. The summed E-state index contributed by atoms with van der Waals surface area (Å²) in [5, 5.41) is 5.38. The number of carbonyl (C=O) groups is 3. The molecule has 2 N–H and O–H groups in total. The van der Waals surface area contributed by atoms with Crippen molar-refractivity contribution in [3.05, 3.63) is 59.7 Å². The fraction of sp³-hybridized carbons (Fsp3) is 0.423. The van der Waals surface area contributed by atoms with Gasteiger partial charge in [-0.3, -0.25) is 23.5 Å². The van der Waals surface area contributed by atoms with Gasteiger partial charge in [0.25, 0.3) is 0 Å². The standard InChI is InChI=1S/C26H30F3N3O4S/c1-17-11-13-20(14-12-17)30-23(33)15-37(36)16-24(34)32(18(2)25(35)31-19-7-3-4-8-19)22-10-6-5-9-21(22)26(27,28)29/h5-6,9-14,18-19H,3-4,7-8,15-16H2,1-2H3,(H,30,33)(H,31,35)/t18-,37-/m1/s1. The number of amides is 3. The molecular weight excluding hydrogens is 507 g/mol. The Hall–Kier alpha value is -3.21. The zero-order chi connectivity index (χ0) is 27.2. The molecule has 0 unspecified atom stereocenters. The summed E-state index contributed by atoms with van der Waals surface area (Å²) in [7, 11) is -2.03. The minimum Gasteiger partial charge on any atom is -0.352 e. The van der Waals surface area contributed by atoms with Crippen LogP contribution in [0.15, 0.2) is 48.5 Å². The largest absolute Gasteiger partial charge is 0.418 e. The van der Waals surface area contributed by atoms with Crippen LogP contribution >= 0.6 is 0 Å². The predicted molar refractivity (Wildman–Crippen MR) is 136 cm³/mol. The highest BCUT2D eigenvalue weighted by molar-refractivity contribution is 7.86. The molecule has 37 heavy (non-hydrogen) atoms. The number of rotatable bonds is 9. The fourth-order valence-electron chi connectivity index (χ4n) is 4.23. The van der Waals surface area contributed by atoms with Gasteiger partial charge in [0.15, 0.2) is 0 Å². The van der Waals surface area contributed by atoms with E-state index in [1.807, 2.05) is 6.92 Å². The van der Waals surface area contributed by atoms with E-state index in [0.29, 0.717) is 5.69 Å². The number of alkyl halides is 3. The number of nitrogens with one attached hydrogen (secondary N) is 2.